The molecule has 1 aromatic rings. The fourth-order valence-electron chi connectivity index (χ4n) is 2.23. The van der Waals surface area contributed by atoms with Crippen LogP contribution in [0.25, 0.3) is 0 Å². The van der Waals surface area contributed by atoms with E-state index < -0.39 is 0 Å². The summed E-state index contributed by atoms with van der Waals surface area (Å²) in [6.07, 6.45) is 2.30. The van der Waals surface area contributed by atoms with Crippen molar-refractivity contribution in [2.75, 3.05) is 19.8 Å². The van der Waals surface area contributed by atoms with E-state index in [1.165, 1.54) is 15.8 Å². The highest BCUT2D eigenvalue weighted by Gasteiger charge is 2.35. The highest BCUT2D eigenvalue weighted by molar-refractivity contribution is 9.10. The molecule has 0 aliphatic carbocycles. The molecule has 0 radical (unpaired) electrons. The molecule has 1 atom stereocenters. The Bertz CT molecular complexity index is 358. The third-order valence-electron chi connectivity index (χ3n) is 3.24. The molecule has 0 amide bonds. The van der Waals surface area contributed by atoms with Crippen molar-refractivity contribution >= 4 is 27.3 Å². The van der Waals surface area contributed by atoms with E-state index in [2.05, 4.69) is 46.5 Å². The minimum atomic E-state index is 0.300. The van der Waals surface area contributed by atoms with Crippen molar-refractivity contribution in [1.29, 1.82) is 0 Å². The van der Waals surface area contributed by atoms with Crippen LogP contribution in [0.15, 0.2) is 15.9 Å². The zero-order valence-electron chi connectivity index (χ0n) is 10.5. The van der Waals surface area contributed by atoms with Crippen LogP contribution < -0.4 is 5.32 Å². The molecule has 2 heterocycles. The normalized spacial score (nSPS) is 24.7. The second-order valence-corrected chi connectivity index (χ2v) is 7.16. The summed E-state index contributed by atoms with van der Waals surface area (Å²) in [6.45, 7) is 7.26. The Hall–Kier alpha value is 0.1000. The highest BCUT2D eigenvalue weighted by atomic mass is 79.9. The van der Waals surface area contributed by atoms with Gasteiger partial charge in [-0.25, -0.2) is 0 Å². The largest absolute Gasteiger partial charge is 0.381 e. The minimum absolute atomic E-state index is 0.300. The molecule has 1 aromatic heterocycles. The van der Waals surface area contributed by atoms with Gasteiger partial charge in [0.1, 0.15) is 0 Å². The molecule has 2 nitrogen and oxygen atoms in total. The van der Waals surface area contributed by atoms with E-state index in [0.29, 0.717) is 11.5 Å². The van der Waals surface area contributed by atoms with E-state index in [4.69, 9.17) is 4.74 Å². The molecule has 1 fully saturated rings. The van der Waals surface area contributed by atoms with Gasteiger partial charge >= 0.3 is 0 Å². The molecule has 0 bridgehead atoms. The average Bonchev–Trinajstić information content (AvgIpc) is 2.87. The molecule has 1 aliphatic heterocycles. The Morgan fingerprint density at radius 3 is 2.94 bits per heavy atom. The first-order chi connectivity index (χ1) is 8.10. The fourth-order valence-corrected chi connectivity index (χ4v) is 3.85. The highest BCUT2D eigenvalue weighted by Crippen LogP contribution is 2.34. The Kier molecular flexibility index (Phi) is 4.64. The number of hydrogen-bond acceptors (Lipinski definition) is 3. The lowest BCUT2D eigenvalue weighted by Crippen LogP contribution is -2.39. The van der Waals surface area contributed by atoms with Gasteiger partial charge in [-0.05, 0) is 34.8 Å². The lowest BCUT2D eigenvalue weighted by Gasteiger charge is -2.28. The SMILES string of the molecule is CC(C)NCC1(Cc2cc(Br)cs2)CCOC1. The summed E-state index contributed by atoms with van der Waals surface area (Å²) in [7, 11) is 0. The van der Waals surface area contributed by atoms with Gasteiger partial charge in [-0.2, -0.15) is 0 Å². The third kappa shape index (κ3) is 3.78. The van der Waals surface area contributed by atoms with Crippen LogP contribution in [0.2, 0.25) is 0 Å². The van der Waals surface area contributed by atoms with Crippen molar-refractivity contribution in [3.63, 3.8) is 0 Å². The summed E-state index contributed by atoms with van der Waals surface area (Å²) in [5.41, 5.74) is 0.300. The summed E-state index contributed by atoms with van der Waals surface area (Å²) in [5, 5.41) is 5.73. The molecule has 4 heteroatoms. The number of hydrogen-bond donors (Lipinski definition) is 1. The Morgan fingerprint density at radius 1 is 1.59 bits per heavy atom. The summed E-state index contributed by atoms with van der Waals surface area (Å²) >= 11 is 5.36. The zero-order valence-corrected chi connectivity index (χ0v) is 12.9. The summed E-state index contributed by atoms with van der Waals surface area (Å²) < 4.78 is 6.82. The molecule has 0 aromatic carbocycles. The molecule has 1 N–H and O–H groups in total. The average molecular weight is 318 g/mol. The molecular formula is C13H20BrNOS. The number of rotatable bonds is 5. The predicted molar refractivity (Wildman–Crippen MR) is 76.7 cm³/mol. The Balaban J connectivity index is 2.01. The summed E-state index contributed by atoms with van der Waals surface area (Å²) in [6, 6.07) is 2.78. The molecular weight excluding hydrogens is 298 g/mol. The van der Waals surface area contributed by atoms with E-state index in [0.717, 1.165) is 26.2 Å². The first kappa shape index (κ1) is 13.5. The molecule has 0 spiro atoms. The van der Waals surface area contributed by atoms with Crippen LogP contribution in [-0.2, 0) is 11.2 Å². The van der Waals surface area contributed by atoms with Gasteiger partial charge in [0.15, 0.2) is 0 Å². The number of nitrogens with one attached hydrogen (secondary N) is 1. The third-order valence-corrected chi connectivity index (χ3v) is 4.94. The zero-order chi connectivity index (χ0) is 12.3. The molecule has 1 saturated heterocycles. The van der Waals surface area contributed by atoms with Gasteiger partial charge in [0, 0.05) is 39.3 Å². The van der Waals surface area contributed by atoms with Crippen molar-refractivity contribution in [2.24, 2.45) is 5.41 Å². The van der Waals surface area contributed by atoms with Crippen molar-refractivity contribution < 1.29 is 4.74 Å². The summed E-state index contributed by atoms with van der Waals surface area (Å²) in [5.74, 6) is 0. The Morgan fingerprint density at radius 2 is 2.41 bits per heavy atom. The first-order valence-corrected chi connectivity index (χ1v) is 7.81. The van der Waals surface area contributed by atoms with Gasteiger partial charge < -0.3 is 10.1 Å². The molecule has 0 saturated carbocycles. The van der Waals surface area contributed by atoms with Gasteiger partial charge in [-0.3, -0.25) is 0 Å². The molecule has 96 valence electrons. The molecule has 1 aliphatic rings. The molecule has 2 rings (SSSR count). The maximum absolute atomic E-state index is 5.62. The van der Waals surface area contributed by atoms with E-state index in [-0.39, 0.29) is 0 Å². The van der Waals surface area contributed by atoms with Crippen LogP contribution in [0, 0.1) is 5.41 Å². The van der Waals surface area contributed by atoms with E-state index in [1.807, 2.05) is 11.3 Å². The van der Waals surface area contributed by atoms with Crippen LogP contribution in [0.1, 0.15) is 25.1 Å². The first-order valence-electron chi connectivity index (χ1n) is 6.14. The quantitative estimate of drug-likeness (QED) is 0.898. The second-order valence-electron chi connectivity index (χ2n) is 5.25. The second kappa shape index (κ2) is 5.83. The van der Waals surface area contributed by atoms with E-state index in [1.54, 1.807) is 0 Å². The maximum atomic E-state index is 5.62. The topological polar surface area (TPSA) is 21.3 Å². The smallest absolute Gasteiger partial charge is 0.0538 e. The van der Waals surface area contributed by atoms with Crippen LogP contribution in [0.4, 0.5) is 0 Å². The van der Waals surface area contributed by atoms with E-state index >= 15 is 0 Å². The minimum Gasteiger partial charge on any atom is -0.381 e. The number of halogens is 1. The van der Waals surface area contributed by atoms with Crippen molar-refractivity contribution in [3.05, 3.63) is 20.8 Å². The van der Waals surface area contributed by atoms with E-state index in [9.17, 15) is 0 Å². The van der Waals surface area contributed by atoms with Crippen molar-refractivity contribution in [1.82, 2.24) is 5.32 Å². The summed E-state index contributed by atoms with van der Waals surface area (Å²) in [4.78, 5) is 1.45. The van der Waals surface area contributed by atoms with Gasteiger partial charge in [0.25, 0.3) is 0 Å². The lowest BCUT2D eigenvalue weighted by molar-refractivity contribution is 0.148. The fraction of sp³-hybridized carbons (Fsp3) is 0.692. The predicted octanol–water partition coefficient (Wildman–Crippen LogP) is 3.46. The van der Waals surface area contributed by atoms with Crippen LogP contribution >= 0.6 is 27.3 Å². The lowest BCUT2D eigenvalue weighted by atomic mass is 9.83. The Labute approximate surface area is 116 Å². The standard InChI is InChI=1S/C13H20BrNOS/c1-10(2)15-8-13(3-4-16-9-13)6-12-5-11(14)7-17-12/h5,7,10,15H,3-4,6,8-9H2,1-2H3. The van der Waals surface area contributed by atoms with Gasteiger partial charge in [0.05, 0.1) is 6.61 Å². The van der Waals surface area contributed by atoms with Crippen LogP contribution in [-0.4, -0.2) is 25.8 Å². The number of thiophene rings is 1. The van der Waals surface area contributed by atoms with Crippen molar-refractivity contribution in [3.8, 4) is 0 Å². The van der Waals surface area contributed by atoms with Crippen LogP contribution in [0.3, 0.4) is 0 Å². The van der Waals surface area contributed by atoms with Crippen LogP contribution in [0.5, 0.6) is 0 Å². The maximum Gasteiger partial charge on any atom is 0.0538 e. The molecule has 1 unspecified atom stereocenters. The van der Waals surface area contributed by atoms with Crippen molar-refractivity contribution in [2.45, 2.75) is 32.7 Å². The number of ether oxygens (including phenoxy) is 1. The molecule has 17 heavy (non-hydrogen) atoms. The van der Waals surface area contributed by atoms with Gasteiger partial charge in [-0.15, -0.1) is 11.3 Å². The monoisotopic (exact) mass is 317 g/mol. The van der Waals surface area contributed by atoms with Gasteiger partial charge in [-0.1, -0.05) is 13.8 Å². The van der Waals surface area contributed by atoms with Gasteiger partial charge in [0.2, 0.25) is 0 Å².